The topological polar surface area (TPSA) is 35.5 Å². The molecule has 0 radical (unpaired) electrons. The molecule has 2 aromatic rings. The van der Waals surface area contributed by atoms with Crippen molar-refractivity contribution in [1.82, 2.24) is 0 Å². The summed E-state index contributed by atoms with van der Waals surface area (Å²) in [6.07, 6.45) is -4.78. The molecular formula is C11H6ClF3O3S. The Morgan fingerprint density at radius 1 is 1.32 bits per heavy atom. The lowest BCUT2D eigenvalue weighted by Crippen LogP contribution is -2.17. The van der Waals surface area contributed by atoms with Crippen LogP contribution >= 0.6 is 22.9 Å². The summed E-state index contributed by atoms with van der Waals surface area (Å²) in [6.45, 7) is 0.0736. The SMILES string of the molecule is O=COCc1cc(OC(F)(F)F)cc2cc(Cl)sc12. The van der Waals surface area contributed by atoms with Crippen LogP contribution in [0, 0.1) is 0 Å². The van der Waals surface area contributed by atoms with Crippen LogP contribution in [0.5, 0.6) is 5.75 Å². The average Bonchev–Trinajstić information content (AvgIpc) is 2.64. The van der Waals surface area contributed by atoms with Gasteiger partial charge in [0.2, 0.25) is 0 Å². The average molecular weight is 311 g/mol. The summed E-state index contributed by atoms with van der Waals surface area (Å²) in [4.78, 5) is 10.2. The van der Waals surface area contributed by atoms with Crippen molar-refractivity contribution in [2.45, 2.75) is 13.0 Å². The van der Waals surface area contributed by atoms with E-state index in [4.69, 9.17) is 11.6 Å². The summed E-state index contributed by atoms with van der Waals surface area (Å²) in [6, 6.07) is 3.93. The number of fused-ring (bicyclic) bond motifs is 1. The van der Waals surface area contributed by atoms with E-state index in [2.05, 4.69) is 9.47 Å². The van der Waals surface area contributed by atoms with Crippen molar-refractivity contribution in [3.63, 3.8) is 0 Å². The highest BCUT2D eigenvalue weighted by Gasteiger charge is 2.31. The van der Waals surface area contributed by atoms with E-state index in [1.54, 1.807) is 0 Å². The van der Waals surface area contributed by atoms with Crippen molar-refractivity contribution in [1.29, 1.82) is 0 Å². The molecule has 0 bridgehead atoms. The molecule has 102 valence electrons. The Morgan fingerprint density at radius 2 is 2.05 bits per heavy atom. The minimum Gasteiger partial charge on any atom is -0.463 e. The van der Waals surface area contributed by atoms with E-state index in [1.807, 2.05) is 0 Å². The van der Waals surface area contributed by atoms with Crippen LogP contribution in [0.2, 0.25) is 4.34 Å². The summed E-state index contributed by atoms with van der Waals surface area (Å²) < 4.78 is 46.1. The first-order valence-corrected chi connectivity index (χ1v) is 6.11. The fourth-order valence-corrected chi connectivity index (χ4v) is 2.80. The second-order valence-electron chi connectivity index (χ2n) is 3.51. The van der Waals surface area contributed by atoms with Gasteiger partial charge in [-0.3, -0.25) is 4.79 Å². The largest absolute Gasteiger partial charge is 0.573 e. The highest BCUT2D eigenvalue weighted by molar-refractivity contribution is 7.22. The maximum Gasteiger partial charge on any atom is 0.573 e. The third kappa shape index (κ3) is 3.51. The number of halogens is 4. The summed E-state index contributed by atoms with van der Waals surface area (Å²) >= 11 is 7.01. The number of carbonyl (C=O) groups is 1. The van der Waals surface area contributed by atoms with Crippen molar-refractivity contribution < 1.29 is 27.4 Å². The number of hydrogen-bond acceptors (Lipinski definition) is 4. The molecule has 0 amide bonds. The van der Waals surface area contributed by atoms with E-state index in [1.165, 1.54) is 29.5 Å². The zero-order valence-corrected chi connectivity index (χ0v) is 10.7. The number of benzene rings is 1. The van der Waals surface area contributed by atoms with Gasteiger partial charge in [-0.15, -0.1) is 24.5 Å². The maximum atomic E-state index is 12.2. The third-order valence-electron chi connectivity index (χ3n) is 2.18. The van der Waals surface area contributed by atoms with Gasteiger partial charge in [0.25, 0.3) is 6.47 Å². The number of carbonyl (C=O) groups excluding carboxylic acids is 1. The molecule has 2 rings (SSSR count). The molecule has 0 aliphatic rings. The lowest BCUT2D eigenvalue weighted by molar-refractivity contribution is -0.274. The van der Waals surface area contributed by atoms with Crippen LogP contribution in [0.4, 0.5) is 13.2 Å². The number of rotatable bonds is 4. The van der Waals surface area contributed by atoms with Gasteiger partial charge in [-0.2, -0.15) is 0 Å². The fourth-order valence-electron chi connectivity index (χ4n) is 1.59. The van der Waals surface area contributed by atoms with Gasteiger partial charge < -0.3 is 9.47 Å². The molecule has 3 nitrogen and oxygen atoms in total. The number of ether oxygens (including phenoxy) is 2. The molecule has 19 heavy (non-hydrogen) atoms. The number of alkyl halides is 3. The van der Waals surface area contributed by atoms with Gasteiger partial charge in [0.15, 0.2) is 0 Å². The van der Waals surface area contributed by atoms with Gasteiger partial charge in [0.1, 0.15) is 12.4 Å². The standard InChI is InChI=1S/C11H6ClF3O3S/c12-9-3-6-1-8(18-11(13,14)15)2-7(4-17-5-16)10(6)19-9/h1-3,5H,4H2. The first-order chi connectivity index (χ1) is 8.89. The van der Waals surface area contributed by atoms with Crippen LogP contribution in [-0.4, -0.2) is 12.8 Å². The van der Waals surface area contributed by atoms with Gasteiger partial charge >= 0.3 is 6.36 Å². The van der Waals surface area contributed by atoms with Gasteiger partial charge in [-0.25, -0.2) is 0 Å². The zero-order chi connectivity index (χ0) is 14.0. The monoisotopic (exact) mass is 310 g/mol. The van der Waals surface area contributed by atoms with Crippen LogP contribution in [0.3, 0.4) is 0 Å². The Balaban J connectivity index is 2.46. The maximum absolute atomic E-state index is 12.2. The molecule has 0 saturated heterocycles. The second-order valence-corrected chi connectivity index (χ2v) is 5.19. The quantitative estimate of drug-likeness (QED) is 0.797. The van der Waals surface area contributed by atoms with E-state index < -0.39 is 6.36 Å². The van der Waals surface area contributed by atoms with Crippen molar-refractivity contribution in [2.24, 2.45) is 0 Å². The molecule has 0 aliphatic heterocycles. The van der Waals surface area contributed by atoms with Crippen molar-refractivity contribution >= 4 is 39.5 Å². The Hall–Kier alpha value is -1.47. The van der Waals surface area contributed by atoms with Crippen LogP contribution < -0.4 is 4.74 Å². The minimum absolute atomic E-state index is 0.147. The Labute approximate surface area is 114 Å². The van der Waals surface area contributed by atoms with E-state index in [9.17, 15) is 18.0 Å². The van der Waals surface area contributed by atoms with Crippen LogP contribution in [-0.2, 0) is 16.1 Å². The first-order valence-electron chi connectivity index (χ1n) is 4.92. The van der Waals surface area contributed by atoms with E-state index in [0.717, 1.165) is 0 Å². The Bertz CT molecular complexity index is 609. The summed E-state index contributed by atoms with van der Waals surface area (Å²) in [5.74, 6) is -0.376. The first kappa shape index (κ1) is 14.0. The molecule has 0 saturated carbocycles. The lowest BCUT2D eigenvalue weighted by atomic mass is 10.1. The van der Waals surface area contributed by atoms with Crippen LogP contribution in [0.25, 0.3) is 10.1 Å². The van der Waals surface area contributed by atoms with Crippen molar-refractivity contribution in [3.05, 3.63) is 28.1 Å². The molecule has 1 aromatic heterocycles. The number of thiophene rings is 1. The summed E-state index contributed by atoms with van der Waals surface area (Å²) in [5, 5.41) is 0.501. The van der Waals surface area contributed by atoms with Gasteiger partial charge in [0.05, 0.1) is 4.34 Å². The lowest BCUT2D eigenvalue weighted by Gasteiger charge is -2.10. The Morgan fingerprint density at radius 3 is 2.68 bits per heavy atom. The molecule has 1 aromatic carbocycles. The van der Waals surface area contributed by atoms with Crippen molar-refractivity contribution in [3.8, 4) is 5.75 Å². The fraction of sp³-hybridized carbons (Fsp3) is 0.182. The molecule has 1 heterocycles. The Kier molecular flexibility index (Phi) is 3.86. The molecule has 0 aliphatic carbocycles. The van der Waals surface area contributed by atoms with E-state index in [0.29, 0.717) is 20.0 Å². The second kappa shape index (κ2) is 5.26. The highest BCUT2D eigenvalue weighted by atomic mass is 35.5. The summed E-state index contributed by atoms with van der Waals surface area (Å²) in [7, 11) is 0. The summed E-state index contributed by atoms with van der Waals surface area (Å²) in [5.41, 5.74) is 0.403. The predicted octanol–water partition coefficient (Wildman–Crippen LogP) is 4.13. The zero-order valence-electron chi connectivity index (χ0n) is 9.16. The van der Waals surface area contributed by atoms with E-state index in [-0.39, 0.29) is 18.8 Å². The van der Waals surface area contributed by atoms with Gasteiger partial charge in [-0.1, -0.05) is 11.6 Å². The van der Waals surface area contributed by atoms with Gasteiger partial charge in [-0.05, 0) is 23.6 Å². The molecule has 0 spiro atoms. The molecular weight excluding hydrogens is 305 g/mol. The predicted molar refractivity (Wildman–Crippen MR) is 64.4 cm³/mol. The third-order valence-corrected chi connectivity index (χ3v) is 3.53. The number of hydrogen-bond donors (Lipinski definition) is 0. The molecule has 0 unspecified atom stereocenters. The molecule has 0 fully saturated rings. The molecule has 8 heteroatoms. The van der Waals surface area contributed by atoms with E-state index >= 15 is 0 Å². The van der Waals surface area contributed by atoms with Gasteiger partial charge in [0, 0.05) is 10.3 Å². The normalized spacial score (nSPS) is 11.6. The smallest absolute Gasteiger partial charge is 0.463 e. The van der Waals surface area contributed by atoms with Crippen LogP contribution in [0.1, 0.15) is 5.56 Å². The molecule has 0 atom stereocenters. The van der Waals surface area contributed by atoms with Crippen molar-refractivity contribution in [2.75, 3.05) is 0 Å². The highest BCUT2D eigenvalue weighted by Crippen LogP contribution is 2.36. The van der Waals surface area contributed by atoms with Crippen LogP contribution in [0.15, 0.2) is 18.2 Å². The molecule has 0 N–H and O–H groups in total. The minimum atomic E-state index is -4.78.